The average Bonchev–Trinajstić information content (AvgIpc) is 2.90. The first-order valence-corrected chi connectivity index (χ1v) is 4.55. The van der Waals surface area contributed by atoms with E-state index in [-0.39, 0.29) is 0 Å². The molecule has 0 radical (unpaired) electrons. The van der Waals surface area contributed by atoms with Crippen molar-refractivity contribution in [3.8, 4) is 5.75 Å². The number of pyridine rings is 1. The molecule has 1 aromatic heterocycles. The summed E-state index contributed by atoms with van der Waals surface area (Å²) in [4.78, 5) is 6.45. The first kappa shape index (κ1) is 8.51. The molecule has 0 aliphatic carbocycles. The third-order valence-corrected chi connectivity index (χ3v) is 2.53. The van der Waals surface area contributed by atoms with Crippen LogP contribution in [0.25, 0.3) is 0 Å². The predicted octanol–water partition coefficient (Wildman–Crippen LogP) is 1.22. The Morgan fingerprint density at radius 3 is 2.77 bits per heavy atom. The summed E-state index contributed by atoms with van der Waals surface area (Å²) in [6.45, 7) is 7.04. The molecule has 0 amide bonds. The minimum Gasteiger partial charge on any atom is -0.506 e. The Hall–Kier alpha value is -1.09. The molecule has 1 N–H and O–H groups in total. The number of aromatic nitrogens is 1. The Morgan fingerprint density at radius 1 is 1.46 bits per heavy atom. The summed E-state index contributed by atoms with van der Waals surface area (Å²) in [5.41, 5.74) is 2.83. The summed E-state index contributed by atoms with van der Waals surface area (Å²) < 4.78 is 0. The summed E-state index contributed by atoms with van der Waals surface area (Å²) in [5.74, 6) is 0.347. The smallest absolute Gasteiger partial charge is 0.139 e. The van der Waals surface area contributed by atoms with Gasteiger partial charge < -0.3 is 5.11 Å². The van der Waals surface area contributed by atoms with Gasteiger partial charge in [-0.1, -0.05) is 0 Å². The lowest BCUT2D eigenvalue weighted by Crippen LogP contribution is -2.01. The molecule has 0 saturated carbocycles. The summed E-state index contributed by atoms with van der Waals surface area (Å²) in [5, 5.41) is 9.64. The van der Waals surface area contributed by atoms with Crippen LogP contribution in [0.5, 0.6) is 5.75 Å². The van der Waals surface area contributed by atoms with E-state index in [0.29, 0.717) is 11.4 Å². The molecule has 0 unspecified atom stereocenters. The quantitative estimate of drug-likeness (QED) is 0.692. The van der Waals surface area contributed by atoms with Crippen LogP contribution in [0, 0.1) is 13.8 Å². The van der Waals surface area contributed by atoms with Crippen LogP contribution in [-0.2, 0) is 6.54 Å². The van der Waals surface area contributed by atoms with Crippen molar-refractivity contribution in [2.45, 2.75) is 20.4 Å². The van der Waals surface area contributed by atoms with Crippen molar-refractivity contribution >= 4 is 0 Å². The van der Waals surface area contributed by atoms with Gasteiger partial charge in [0.05, 0.1) is 5.69 Å². The third-order valence-electron chi connectivity index (χ3n) is 2.53. The molecule has 0 bridgehead atoms. The minimum atomic E-state index is 0.347. The van der Waals surface area contributed by atoms with Crippen molar-refractivity contribution in [3.63, 3.8) is 0 Å². The summed E-state index contributed by atoms with van der Waals surface area (Å²) in [6.07, 6.45) is 1.86. The Labute approximate surface area is 78.0 Å². The molecular formula is C10H14N2O. The van der Waals surface area contributed by atoms with Gasteiger partial charge >= 0.3 is 0 Å². The highest BCUT2D eigenvalue weighted by molar-refractivity contribution is 5.39. The highest BCUT2D eigenvalue weighted by Crippen LogP contribution is 2.24. The summed E-state index contributed by atoms with van der Waals surface area (Å²) >= 11 is 0. The molecule has 1 saturated heterocycles. The van der Waals surface area contributed by atoms with Gasteiger partial charge in [-0.25, -0.2) is 0 Å². The fourth-order valence-corrected chi connectivity index (χ4v) is 1.39. The number of nitrogens with zero attached hydrogens (tertiary/aromatic N) is 2. The number of hydrogen-bond donors (Lipinski definition) is 1. The average molecular weight is 178 g/mol. The zero-order valence-electron chi connectivity index (χ0n) is 8.04. The molecule has 2 heterocycles. The van der Waals surface area contributed by atoms with Crippen molar-refractivity contribution in [2.75, 3.05) is 13.1 Å². The van der Waals surface area contributed by atoms with E-state index in [1.54, 1.807) is 0 Å². The van der Waals surface area contributed by atoms with Gasteiger partial charge in [-0.05, 0) is 25.0 Å². The molecule has 0 aromatic carbocycles. The van der Waals surface area contributed by atoms with Crippen LogP contribution >= 0.6 is 0 Å². The molecule has 13 heavy (non-hydrogen) atoms. The minimum absolute atomic E-state index is 0.347. The summed E-state index contributed by atoms with van der Waals surface area (Å²) in [7, 11) is 0. The number of aryl methyl sites for hydroxylation is 1. The lowest BCUT2D eigenvalue weighted by atomic mass is 10.1. The van der Waals surface area contributed by atoms with Gasteiger partial charge in [0.25, 0.3) is 0 Å². The Bertz CT molecular complexity index is 332. The van der Waals surface area contributed by atoms with Crippen LogP contribution < -0.4 is 0 Å². The standard InChI is InChI=1S/C10H14N2O/c1-7-9(6-12-3-4-12)5-11-8(2)10(7)13/h5,13H,3-4,6H2,1-2H3. The molecule has 1 aromatic rings. The predicted molar refractivity (Wildman–Crippen MR) is 50.7 cm³/mol. The van der Waals surface area contributed by atoms with Crippen molar-refractivity contribution in [1.29, 1.82) is 0 Å². The van der Waals surface area contributed by atoms with Crippen LogP contribution in [0.15, 0.2) is 6.20 Å². The first-order chi connectivity index (χ1) is 6.18. The molecule has 1 aliphatic heterocycles. The lowest BCUT2D eigenvalue weighted by molar-refractivity contribution is 0.459. The second kappa shape index (κ2) is 3.00. The summed E-state index contributed by atoms with van der Waals surface area (Å²) in [6, 6.07) is 0. The fourth-order valence-electron chi connectivity index (χ4n) is 1.39. The molecule has 2 rings (SSSR count). The fraction of sp³-hybridized carbons (Fsp3) is 0.500. The molecule has 3 nitrogen and oxygen atoms in total. The molecule has 1 aliphatic rings. The van der Waals surface area contributed by atoms with E-state index in [1.165, 1.54) is 13.1 Å². The van der Waals surface area contributed by atoms with E-state index < -0.39 is 0 Å². The zero-order valence-corrected chi connectivity index (χ0v) is 8.04. The molecule has 0 atom stereocenters. The number of aromatic hydroxyl groups is 1. The van der Waals surface area contributed by atoms with Crippen LogP contribution in [-0.4, -0.2) is 28.1 Å². The SMILES string of the molecule is Cc1ncc(CN2CC2)c(C)c1O. The van der Waals surface area contributed by atoms with Crippen molar-refractivity contribution in [1.82, 2.24) is 9.88 Å². The van der Waals surface area contributed by atoms with Gasteiger partial charge in [0.2, 0.25) is 0 Å². The van der Waals surface area contributed by atoms with E-state index in [1.807, 2.05) is 20.0 Å². The second-order valence-electron chi connectivity index (χ2n) is 3.62. The highest BCUT2D eigenvalue weighted by atomic mass is 16.3. The van der Waals surface area contributed by atoms with Crippen LogP contribution in [0.3, 0.4) is 0 Å². The Morgan fingerprint density at radius 2 is 2.15 bits per heavy atom. The Balaban J connectivity index is 2.29. The van der Waals surface area contributed by atoms with Gasteiger partial charge in [-0.2, -0.15) is 0 Å². The van der Waals surface area contributed by atoms with Gasteiger partial charge in [-0.15, -0.1) is 0 Å². The maximum Gasteiger partial charge on any atom is 0.139 e. The molecular weight excluding hydrogens is 164 g/mol. The zero-order chi connectivity index (χ0) is 9.42. The van der Waals surface area contributed by atoms with Gasteiger partial charge in [-0.3, -0.25) is 9.88 Å². The van der Waals surface area contributed by atoms with E-state index in [0.717, 1.165) is 17.7 Å². The van der Waals surface area contributed by atoms with E-state index in [2.05, 4.69) is 9.88 Å². The largest absolute Gasteiger partial charge is 0.506 e. The van der Waals surface area contributed by atoms with Gasteiger partial charge in [0.15, 0.2) is 0 Å². The van der Waals surface area contributed by atoms with Crippen molar-refractivity contribution in [3.05, 3.63) is 23.0 Å². The maximum atomic E-state index is 9.64. The van der Waals surface area contributed by atoms with Crippen LogP contribution in [0.1, 0.15) is 16.8 Å². The van der Waals surface area contributed by atoms with Crippen LogP contribution in [0.4, 0.5) is 0 Å². The lowest BCUT2D eigenvalue weighted by Gasteiger charge is -2.08. The van der Waals surface area contributed by atoms with E-state index in [4.69, 9.17) is 0 Å². The van der Waals surface area contributed by atoms with Gasteiger partial charge in [0.1, 0.15) is 5.75 Å². The third kappa shape index (κ3) is 1.65. The molecule has 0 spiro atoms. The Kier molecular flexibility index (Phi) is 1.96. The second-order valence-corrected chi connectivity index (χ2v) is 3.62. The number of rotatable bonds is 2. The highest BCUT2D eigenvalue weighted by Gasteiger charge is 2.19. The normalized spacial score (nSPS) is 16.2. The van der Waals surface area contributed by atoms with E-state index >= 15 is 0 Å². The van der Waals surface area contributed by atoms with Gasteiger partial charge in [0, 0.05) is 25.8 Å². The van der Waals surface area contributed by atoms with Crippen LogP contribution in [0.2, 0.25) is 0 Å². The topological polar surface area (TPSA) is 36.1 Å². The number of hydrogen-bond acceptors (Lipinski definition) is 3. The monoisotopic (exact) mass is 178 g/mol. The van der Waals surface area contributed by atoms with E-state index in [9.17, 15) is 5.11 Å². The molecule has 3 heteroatoms. The first-order valence-electron chi connectivity index (χ1n) is 4.55. The van der Waals surface area contributed by atoms with Crippen molar-refractivity contribution in [2.24, 2.45) is 0 Å². The van der Waals surface area contributed by atoms with Crippen molar-refractivity contribution < 1.29 is 5.11 Å². The maximum absolute atomic E-state index is 9.64. The molecule has 70 valence electrons. The molecule has 1 fully saturated rings.